The molecule has 0 bridgehead atoms. The molecule has 0 spiro atoms. The van der Waals surface area contributed by atoms with E-state index in [0.717, 1.165) is 12.8 Å². The van der Waals surface area contributed by atoms with E-state index in [-0.39, 0.29) is 16.2 Å². The highest BCUT2D eigenvalue weighted by Gasteiger charge is 2.46. The monoisotopic (exact) mass is 1020 g/mol. The van der Waals surface area contributed by atoms with Gasteiger partial charge in [0, 0.05) is 38.9 Å². The molecule has 1 aliphatic carbocycles. The molecule has 0 aliphatic heterocycles. The van der Waals surface area contributed by atoms with Crippen molar-refractivity contribution in [1.82, 2.24) is 0 Å². The minimum absolute atomic E-state index is 0.107. The lowest BCUT2D eigenvalue weighted by Gasteiger charge is -2.39. The first-order valence-electron chi connectivity index (χ1n) is 30.5. The van der Waals surface area contributed by atoms with Crippen LogP contribution in [0.25, 0.3) is 32.7 Å². The molecule has 2 atom stereocenters. The lowest BCUT2D eigenvalue weighted by Crippen LogP contribution is -2.32. The molecule has 2 nitrogen and oxygen atoms in total. The molecule has 0 saturated heterocycles. The zero-order chi connectivity index (χ0) is 54.2. The minimum atomic E-state index is -0.200. The highest BCUT2D eigenvalue weighted by molar-refractivity contribution is 6.01. The number of nitrogens with zero attached hydrogens (tertiary/aromatic N) is 2. The molecule has 0 N–H and O–H groups in total. The Bertz CT molecular complexity index is 2960. The SMILES string of the molecule is CCCCC(CC)CC1(CC(CC)CCCC)c2cc(N(c3ccc(C(C)(C)CCCC)cc3)c3cccc4ccccc34)ccc2-c2ccc(N(c3ccc(C(C)(C)CCCC)cc3)c3cccc4ccccc34)cc21. The van der Waals surface area contributed by atoms with Gasteiger partial charge in [-0.15, -0.1) is 0 Å². The Labute approximate surface area is 466 Å². The van der Waals surface area contributed by atoms with E-state index >= 15 is 0 Å². The molecule has 402 valence electrons. The van der Waals surface area contributed by atoms with Crippen LogP contribution in [-0.2, 0) is 16.2 Å². The van der Waals surface area contributed by atoms with Crippen LogP contribution in [-0.4, -0.2) is 0 Å². The molecule has 0 saturated carbocycles. The molecular weight excluding hydrogens is 929 g/mol. The summed E-state index contributed by atoms with van der Waals surface area (Å²) in [4.78, 5) is 5.17. The average molecular weight is 1020 g/mol. The van der Waals surface area contributed by atoms with E-state index in [9.17, 15) is 0 Å². The Morgan fingerprint density at radius 2 is 0.753 bits per heavy atom. The number of hydrogen-bond acceptors (Lipinski definition) is 2. The van der Waals surface area contributed by atoms with Gasteiger partial charge in [-0.1, -0.05) is 255 Å². The fourth-order valence-electron chi connectivity index (χ4n) is 13.5. The molecule has 0 aromatic heterocycles. The number of anilines is 6. The number of benzene rings is 8. The molecule has 77 heavy (non-hydrogen) atoms. The Kier molecular flexibility index (Phi) is 17.8. The van der Waals surface area contributed by atoms with Gasteiger partial charge in [0.05, 0.1) is 11.4 Å². The molecule has 9 rings (SSSR count). The first kappa shape index (κ1) is 55.6. The van der Waals surface area contributed by atoms with E-state index < -0.39 is 0 Å². The average Bonchev–Trinajstić information content (AvgIpc) is 3.77. The van der Waals surface area contributed by atoms with Gasteiger partial charge in [0.1, 0.15) is 0 Å². The van der Waals surface area contributed by atoms with Crippen molar-refractivity contribution in [1.29, 1.82) is 0 Å². The number of unbranched alkanes of at least 4 members (excludes halogenated alkanes) is 4. The van der Waals surface area contributed by atoms with Gasteiger partial charge in [-0.2, -0.15) is 0 Å². The van der Waals surface area contributed by atoms with Gasteiger partial charge < -0.3 is 9.80 Å². The third-order valence-electron chi connectivity index (χ3n) is 18.3. The van der Waals surface area contributed by atoms with Crippen molar-refractivity contribution in [3.8, 4) is 11.1 Å². The van der Waals surface area contributed by atoms with E-state index in [4.69, 9.17) is 0 Å². The summed E-state index contributed by atoms with van der Waals surface area (Å²) in [6.07, 6.45) is 19.4. The Balaban J connectivity index is 1.29. The van der Waals surface area contributed by atoms with Crippen molar-refractivity contribution >= 4 is 55.7 Å². The standard InChI is InChI=1S/C75H92N2/c1-11-17-27-55(15-5)53-75(54-56(16-6)28-18-12-2)69-51-63(76(71-35-25-31-57-29-21-23-33-65(57)71)61-41-37-59(38-42-61)73(7,8)49-19-13-3)45-47-67(69)68-48-46-64(52-70(68)75)77(72-36-26-32-58-30-22-24-34-66(58)72)62-43-39-60(40-44-62)74(9,10)50-20-14-4/h21-26,29-48,51-52,55-56H,11-20,27-28,49-50,53-54H2,1-10H3. The number of hydrogen-bond donors (Lipinski definition) is 0. The molecule has 0 amide bonds. The molecule has 8 aromatic rings. The van der Waals surface area contributed by atoms with Crippen molar-refractivity contribution < 1.29 is 0 Å². The van der Waals surface area contributed by atoms with Crippen molar-refractivity contribution in [2.75, 3.05) is 9.80 Å². The van der Waals surface area contributed by atoms with Crippen molar-refractivity contribution in [2.45, 2.75) is 188 Å². The Morgan fingerprint density at radius 3 is 1.13 bits per heavy atom. The van der Waals surface area contributed by atoms with Gasteiger partial charge in [0.15, 0.2) is 0 Å². The summed E-state index contributed by atoms with van der Waals surface area (Å²) in [5.74, 6) is 1.19. The molecular formula is C75H92N2. The molecule has 0 fully saturated rings. The van der Waals surface area contributed by atoms with Gasteiger partial charge in [0.25, 0.3) is 0 Å². The van der Waals surface area contributed by atoms with E-state index in [1.54, 1.807) is 0 Å². The lowest BCUT2D eigenvalue weighted by atomic mass is 9.65. The fourth-order valence-corrected chi connectivity index (χ4v) is 13.5. The van der Waals surface area contributed by atoms with Crippen molar-refractivity contribution in [3.05, 3.63) is 192 Å². The topological polar surface area (TPSA) is 6.48 Å². The van der Waals surface area contributed by atoms with Crippen LogP contribution in [0.5, 0.6) is 0 Å². The normalized spacial score (nSPS) is 13.9. The zero-order valence-corrected chi connectivity index (χ0v) is 49.0. The van der Waals surface area contributed by atoms with Crippen LogP contribution >= 0.6 is 0 Å². The van der Waals surface area contributed by atoms with E-state index in [0.29, 0.717) is 11.8 Å². The maximum Gasteiger partial charge on any atom is 0.0540 e. The van der Waals surface area contributed by atoms with Gasteiger partial charge in [-0.25, -0.2) is 0 Å². The largest absolute Gasteiger partial charge is 0.310 e. The smallest absolute Gasteiger partial charge is 0.0540 e. The third kappa shape index (κ3) is 11.7. The lowest BCUT2D eigenvalue weighted by molar-refractivity contribution is 0.266. The van der Waals surface area contributed by atoms with E-state index in [1.807, 2.05) is 0 Å². The van der Waals surface area contributed by atoms with Gasteiger partial charge >= 0.3 is 0 Å². The van der Waals surface area contributed by atoms with Crippen molar-refractivity contribution in [3.63, 3.8) is 0 Å². The summed E-state index contributed by atoms with van der Waals surface area (Å²) in [5, 5.41) is 5.06. The predicted molar refractivity (Wildman–Crippen MR) is 338 cm³/mol. The van der Waals surface area contributed by atoms with Crippen LogP contribution in [0.2, 0.25) is 0 Å². The second-order valence-corrected chi connectivity index (χ2v) is 24.5. The quantitative estimate of drug-likeness (QED) is 0.0533. The summed E-state index contributed by atoms with van der Waals surface area (Å²) >= 11 is 0. The predicted octanol–water partition coefficient (Wildman–Crippen LogP) is 23.3. The summed E-state index contributed by atoms with van der Waals surface area (Å²) in [6.45, 7) is 24.0. The number of fused-ring (bicyclic) bond motifs is 5. The van der Waals surface area contributed by atoms with Gasteiger partial charge in [-0.05, 0) is 153 Å². The van der Waals surface area contributed by atoms with Crippen molar-refractivity contribution in [2.24, 2.45) is 11.8 Å². The fraction of sp³-hybridized carbons (Fsp3) is 0.413. The van der Waals surface area contributed by atoms with Gasteiger partial charge in [0.2, 0.25) is 0 Å². The second-order valence-electron chi connectivity index (χ2n) is 24.5. The van der Waals surface area contributed by atoms with E-state index in [2.05, 4.69) is 249 Å². The molecule has 2 heteroatoms. The van der Waals surface area contributed by atoms with Crippen LogP contribution < -0.4 is 9.80 Å². The highest BCUT2D eigenvalue weighted by Crippen LogP contribution is 2.59. The Hall–Kier alpha value is -6.12. The summed E-state index contributed by atoms with van der Waals surface area (Å²) < 4.78 is 0. The van der Waals surface area contributed by atoms with Crippen LogP contribution in [0.4, 0.5) is 34.1 Å². The van der Waals surface area contributed by atoms with Crippen LogP contribution in [0.1, 0.15) is 194 Å². The summed E-state index contributed by atoms with van der Waals surface area (Å²) in [6, 6.07) is 66.2. The van der Waals surface area contributed by atoms with Crippen LogP contribution in [0.3, 0.4) is 0 Å². The van der Waals surface area contributed by atoms with Gasteiger partial charge in [-0.3, -0.25) is 0 Å². The maximum atomic E-state index is 2.68. The molecule has 2 unspecified atom stereocenters. The molecule has 0 radical (unpaired) electrons. The first-order valence-corrected chi connectivity index (χ1v) is 30.5. The maximum absolute atomic E-state index is 2.68. The minimum Gasteiger partial charge on any atom is -0.310 e. The van der Waals surface area contributed by atoms with Crippen LogP contribution in [0.15, 0.2) is 170 Å². The zero-order valence-electron chi connectivity index (χ0n) is 49.0. The highest BCUT2D eigenvalue weighted by atomic mass is 15.1. The summed E-state index contributed by atoms with van der Waals surface area (Å²) in [5.41, 5.74) is 16.0. The molecule has 1 aliphatic rings. The third-order valence-corrected chi connectivity index (χ3v) is 18.3. The second kappa shape index (κ2) is 24.7. The van der Waals surface area contributed by atoms with E-state index in [1.165, 1.54) is 179 Å². The molecule has 8 aromatic carbocycles. The first-order chi connectivity index (χ1) is 37.4. The molecule has 0 heterocycles. The summed E-state index contributed by atoms with van der Waals surface area (Å²) in [7, 11) is 0. The number of rotatable bonds is 26. The Morgan fingerprint density at radius 1 is 0.390 bits per heavy atom. The van der Waals surface area contributed by atoms with Crippen LogP contribution in [0, 0.1) is 11.8 Å².